The summed E-state index contributed by atoms with van der Waals surface area (Å²) in [5, 5.41) is 3.05. The molecule has 1 saturated carbocycles. The molecule has 0 atom stereocenters. The minimum Gasteiger partial charge on any atom is -0.398 e. The fourth-order valence-electron chi connectivity index (χ4n) is 2.86. The Bertz CT molecular complexity index is 428. The van der Waals surface area contributed by atoms with E-state index in [0.29, 0.717) is 17.2 Å². The van der Waals surface area contributed by atoms with Crippen molar-refractivity contribution >= 4 is 11.6 Å². The average Bonchev–Trinajstić information content (AvgIpc) is 2.38. The zero-order chi connectivity index (χ0) is 13.8. The van der Waals surface area contributed by atoms with E-state index in [1.807, 2.05) is 19.1 Å². The molecule has 0 radical (unpaired) electrons. The van der Waals surface area contributed by atoms with Crippen LogP contribution in [0.1, 0.15) is 48.5 Å². The molecule has 0 bridgehead atoms. The van der Waals surface area contributed by atoms with E-state index in [1.165, 1.54) is 25.7 Å². The normalized spacial score (nSPS) is 23.1. The van der Waals surface area contributed by atoms with Crippen molar-refractivity contribution in [1.82, 2.24) is 5.32 Å². The summed E-state index contributed by atoms with van der Waals surface area (Å²) < 4.78 is 0. The van der Waals surface area contributed by atoms with Crippen LogP contribution in [0.2, 0.25) is 0 Å². The fourth-order valence-corrected chi connectivity index (χ4v) is 2.86. The van der Waals surface area contributed by atoms with E-state index in [-0.39, 0.29) is 5.91 Å². The largest absolute Gasteiger partial charge is 0.398 e. The van der Waals surface area contributed by atoms with Crippen molar-refractivity contribution in [3.63, 3.8) is 0 Å². The summed E-state index contributed by atoms with van der Waals surface area (Å²) >= 11 is 0. The van der Waals surface area contributed by atoms with Crippen LogP contribution in [0.5, 0.6) is 0 Å². The van der Waals surface area contributed by atoms with Crippen molar-refractivity contribution in [2.45, 2.75) is 39.5 Å². The van der Waals surface area contributed by atoms with Gasteiger partial charge in [0.2, 0.25) is 0 Å². The molecule has 1 fully saturated rings. The van der Waals surface area contributed by atoms with Crippen LogP contribution in [-0.2, 0) is 0 Å². The Labute approximate surface area is 115 Å². The van der Waals surface area contributed by atoms with Gasteiger partial charge in [-0.2, -0.15) is 0 Å². The molecule has 1 aliphatic rings. The maximum atomic E-state index is 12.2. The maximum absolute atomic E-state index is 12.2. The number of anilines is 1. The lowest BCUT2D eigenvalue weighted by Crippen LogP contribution is -2.32. The summed E-state index contributed by atoms with van der Waals surface area (Å²) in [7, 11) is 0. The molecule has 1 aromatic carbocycles. The van der Waals surface area contributed by atoms with E-state index >= 15 is 0 Å². The second-order valence-electron chi connectivity index (χ2n) is 5.88. The first kappa shape index (κ1) is 13.9. The fraction of sp³-hybridized carbons (Fsp3) is 0.562. The van der Waals surface area contributed by atoms with Gasteiger partial charge in [-0.05, 0) is 43.2 Å². The van der Waals surface area contributed by atoms with Gasteiger partial charge in [0.1, 0.15) is 0 Å². The van der Waals surface area contributed by atoms with Gasteiger partial charge in [0.15, 0.2) is 0 Å². The van der Waals surface area contributed by atoms with Gasteiger partial charge < -0.3 is 11.1 Å². The Morgan fingerprint density at radius 1 is 1.32 bits per heavy atom. The van der Waals surface area contributed by atoms with Crippen LogP contribution in [0.4, 0.5) is 5.69 Å². The van der Waals surface area contributed by atoms with Gasteiger partial charge >= 0.3 is 0 Å². The van der Waals surface area contributed by atoms with Gasteiger partial charge in [0.25, 0.3) is 5.91 Å². The zero-order valence-corrected chi connectivity index (χ0v) is 11.9. The van der Waals surface area contributed by atoms with Crippen molar-refractivity contribution < 1.29 is 4.79 Å². The topological polar surface area (TPSA) is 55.1 Å². The highest BCUT2D eigenvalue weighted by Crippen LogP contribution is 2.27. The standard InChI is InChI=1S/C16H24N2O/c1-11-6-8-13(9-7-11)10-18-16(19)15-12(2)4-3-5-14(15)17/h3-5,11,13H,6-10,17H2,1-2H3,(H,18,19). The summed E-state index contributed by atoms with van der Waals surface area (Å²) in [4.78, 5) is 12.2. The van der Waals surface area contributed by atoms with E-state index in [2.05, 4.69) is 12.2 Å². The number of amides is 1. The number of carbonyl (C=O) groups excluding carboxylic acids is 1. The second kappa shape index (κ2) is 6.09. The summed E-state index contributed by atoms with van der Waals surface area (Å²) in [6, 6.07) is 5.59. The molecule has 1 amide bonds. The SMILES string of the molecule is Cc1cccc(N)c1C(=O)NCC1CCC(C)CC1. The number of rotatable bonds is 3. The van der Waals surface area contributed by atoms with Crippen molar-refractivity contribution in [2.24, 2.45) is 11.8 Å². The molecule has 3 nitrogen and oxygen atoms in total. The summed E-state index contributed by atoms with van der Waals surface area (Å²) in [5.41, 5.74) is 8.02. The molecule has 0 heterocycles. The Kier molecular flexibility index (Phi) is 4.46. The highest BCUT2D eigenvalue weighted by Gasteiger charge is 2.19. The third-order valence-corrected chi connectivity index (χ3v) is 4.22. The van der Waals surface area contributed by atoms with Crippen LogP contribution >= 0.6 is 0 Å². The number of carbonyl (C=O) groups is 1. The molecule has 3 N–H and O–H groups in total. The Hall–Kier alpha value is -1.51. The number of nitrogens with two attached hydrogens (primary N) is 1. The molecule has 0 aromatic heterocycles. The van der Waals surface area contributed by atoms with Crippen molar-refractivity contribution in [1.29, 1.82) is 0 Å². The maximum Gasteiger partial charge on any atom is 0.253 e. The average molecular weight is 260 g/mol. The van der Waals surface area contributed by atoms with E-state index < -0.39 is 0 Å². The molecule has 1 aliphatic carbocycles. The first-order valence-electron chi connectivity index (χ1n) is 7.21. The number of hydrogen-bond acceptors (Lipinski definition) is 2. The van der Waals surface area contributed by atoms with Gasteiger partial charge in [-0.3, -0.25) is 4.79 Å². The molecule has 1 aromatic rings. The van der Waals surface area contributed by atoms with E-state index in [1.54, 1.807) is 6.07 Å². The predicted octanol–water partition coefficient (Wildman–Crippen LogP) is 3.13. The van der Waals surface area contributed by atoms with Crippen molar-refractivity contribution in [3.8, 4) is 0 Å². The molecule has 0 unspecified atom stereocenters. The van der Waals surface area contributed by atoms with Crippen LogP contribution in [0.25, 0.3) is 0 Å². The number of benzene rings is 1. The lowest BCUT2D eigenvalue weighted by Gasteiger charge is -2.26. The Morgan fingerprint density at radius 3 is 2.63 bits per heavy atom. The summed E-state index contributed by atoms with van der Waals surface area (Å²) in [6.07, 6.45) is 5.02. The molecular weight excluding hydrogens is 236 g/mol. The highest BCUT2D eigenvalue weighted by molar-refractivity contribution is 6.00. The van der Waals surface area contributed by atoms with Gasteiger partial charge in [-0.15, -0.1) is 0 Å². The molecule has 2 rings (SSSR count). The lowest BCUT2D eigenvalue weighted by atomic mass is 9.83. The van der Waals surface area contributed by atoms with Crippen LogP contribution in [-0.4, -0.2) is 12.5 Å². The van der Waals surface area contributed by atoms with Gasteiger partial charge in [0, 0.05) is 12.2 Å². The smallest absolute Gasteiger partial charge is 0.253 e. The van der Waals surface area contributed by atoms with E-state index in [4.69, 9.17) is 5.73 Å². The molecule has 0 saturated heterocycles. The molecule has 3 heteroatoms. The van der Waals surface area contributed by atoms with Gasteiger partial charge in [0.05, 0.1) is 5.56 Å². The Morgan fingerprint density at radius 2 is 2.00 bits per heavy atom. The molecular formula is C16H24N2O. The number of hydrogen-bond donors (Lipinski definition) is 2. The van der Waals surface area contributed by atoms with Crippen LogP contribution in [0, 0.1) is 18.8 Å². The molecule has 104 valence electrons. The molecule has 0 aliphatic heterocycles. The second-order valence-corrected chi connectivity index (χ2v) is 5.88. The lowest BCUT2D eigenvalue weighted by molar-refractivity contribution is 0.0942. The summed E-state index contributed by atoms with van der Waals surface area (Å²) in [6.45, 7) is 5.01. The quantitative estimate of drug-likeness (QED) is 0.820. The minimum absolute atomic E-state index is 0.0331. The number of nitrogen functional groups attached to an aromatic ring is 1. The van der Waals surface area contributed by atoms with Crippen LogP contribution < -0.4 is 11.1 Å². The first-order chi connectivity index (χ1) is 9.08. The van der Waals surface area contributed by atoms with E-state index in [0.717, 1.165) is 18.0 Å². The first-order valence-corrected chi connectivity index (χ1v) is 7.21. The number of aryl methyl sites for hydroxylation is 1. The van der Waals surface area contributed by atoms with Crippen LogP contribution in [0.15, 0.2) is 18.2 Å². The van der Waals surface area contributed by atoms with Gasteiger partial charge in [-0.1, -0.05) is 31.9 Å². The molecule has 0 spiro atoms. The predicted molar refractivity (Wildman–Crippen MR) is 79.0 cm³/mol. The monoisotopic (exact) mass is 260 g/mol. The third kappa shape index (κ3) is 3.49. The third-order valence-electron chi connectivity index (χ3n) is 4.22. The molecule has 19 heavy (non-hydrogen) atoms. The minimum atomic E-state index is -0.0331. The highest BCUT2D eigenvalue weighted by atomic mass is 16.1. The van der Waals surface area contributed by atoms with Crippen LogP contribution in [0.3, 0.4) is 0 Å². The Balaban J connectivity index is 1.91. The number of nitrogens with one attached hydrogen (secondary N) is 1. The zero-order valence-electron chi connectivity index (χ0n) is 11.9. The van der Waals surface area contributed by atoms with Crippen molar-refractivity contribution in [3.05, 3.63) is 29.3 Å². The van der Waals surface area contributed by atoms with Gasteiger partial charge in [-0.25, -0.2) is 0 Å². The van der Waals surface area contributed by atoms with E-state index in [9.17, 15) is 4.79 Å². The van der Waals surface area contributed by atoms with Crippen molar-refractivity contribution in [2.75, 3.05) is 12.3 Å². The summed E-state index contributed by atoms with van der Waals surface area (Å²) in [5.74, 6) is 1.44.